The SMILES string of the molecule is CCC(C)(C)c1ncn(CO)n1. The summed E-state index contributed by atoms with van der Waals surface area (Å²) in [7, 11) is 0. The number of hydrogen-bond acceptors (Lipinski definition) is 3. The number of aliphatic hydroxyl groups excluding tert-OH is 1. The molecule has 0 saturated carbocycles. The molecule has 0 unspecified atom stereocenters. The molecule has 0 atom stereocenters. The van der Waals surface area contributed by atoms with Gasteiger partial charge in [0.1, 0.15) is 13.1 Å². The average molecular weight is 169 g/mol. The van der Waals surface area contributed by atoms with Gasteiger partial charge >= 0.3 is 0 Å². The zero-order valence-electron chi connectivity index (χ0n) is 7.78. The predicted octanol–water partition coefficient (Wildman–Crippen LogP) is 0.915. The second-order valence-corrected chi connectivity index (χ2v) is 3.49. The van der Waals surface area contributed by atoms with Crippen LogP contribution in [0.2, 0.25) is 0 Å². The summed E-state index contributed by atoms with van der Waals surface area (Å²) in [5.41, 5.74) is 0.000417. The molecule has 1 heterocycles. The Morgan fingerprint density at radius 2 is 2.25 bits per heavy atom. The highest BCUT2D eigenvalue weighted by Gasteiger charge is 2.22. The first-order valence-corrected chi connectivity index (χ1v) is 4.11. The smallest absolute Gasteiger partial charge is 0.156 e. The molecular weight excluding hydrogens is 154 g/mol. The van der Waals surface area contributed by atoms with Gasteiger partial charge < -0.3 is 5.11 Å². The van der Waals surface area contributed by atoms with Crippen molar-refractivity contribution in [2.75, 3.05) is 0 Å². The van der Waals surface area contributed by atoms with Gasteiger partial charge in [-0.15, -0.1) is 0 Å². The molecule has 0 bridgehead atoms. The van der Waals surface area contributed by atoms with Crippen LogP contribution in [-0.2, 0) is 12.1 Å². The molecular formula is C8H15N3O. The van der Waals surface area contributed by atoms with Crippen molar-refractivity contribution in [2.45, 2.75) is 39.3 Å². The lowest BCUT2D eigenvalue weighted by atomic mass is 9.90. The van der Waals surface area contributed by atoms with E-state index in [1.54, 1.807) is 6.33 Å². The normalized spacial score (nSPS) is 12.0. The fourth-order valence-corrected chi connectivity index (χ4v) is 0.831. The topological polar surface area (TPSA) is 50.9 Å². The van der Waals surface area contributed by atoms with Gasteiger partial charge in [0.15, 0.2) is 5.82 Å². The van der Waals surface area contributed by atoms with Crippen molar-refractivity contribution in [1.82, 2.24) is 14.8 Å². The van der Waals surface area contributed by atoms with E-state index in [0.29, 0.717) is 0 Å². The number of hydrogen-bond donors (Lipinski definition) is 1. The Balaban J connectivity index is 2.88. The first kappa shape index (κ1) is 9.19. The van der Waals surface area contributed by atoms with Crippen molar-refractivity contribution in [2.24, 2.45) is 0 Å². The second-order valence-electron chi connectivity index (χ2n) is 3.49. The standard InChI is InChI=1S/C8H15N3O/c1-4-8(2,3)7-9-5-11(6-12)10-7/h5,12H,4,6H2,1-3H3. The molecule has 1 rings (SSSR count). The van der Waals surface area contributed by atoms with Crippen LogP contribution in [0.1, 0.15) is 33.0 Å². The average Bonchev–Trinajstić information content (AvgIpc) is 2.52. The third-order valence-corrected chi connectivity index (χ3v) is 2.17. The van der Waals surface area contributed by atoms with E-state index < -0.39 is 0 Å². The Bertz CT molecular complexity index is 255. The minimum absolute atomic E-state index is 0.000417. The molecule has 0 fully saturated rings. The van der Waals surface area contributed by atoms with Gasteiger partial charge in [-0.25, -0.2) is 9.67 Å². The molecule has 0 aliphatic heterocycles. The summed E-state index contributed by atoms with van der Waals surface area (Å²) in [5, 5.41) is 12.9. The Kier molecular flexibility index (Phi) is 2.47. The fourth-order valence-electron chi connectivity index (χ4n) is 0.831. The summed E-state index contributed by atoms with van der Waals surface area (Å²) in [6, 6.07) is 0. The lowest BCUT2D eigenvalue weighted by molar-refractivity contribution is 0.193. The predicted molar refractivity (Wildman–Crippen MR) is 45.6 cm³/mol. The maximum absolute atomic E-state index is 8.75. The first-order chi connectivity index (χ1) is 5.60. The Hall–Kier alpha value is -0.900. The van der Waals surface area contributed by atoms with E-state index in [9.17, 15) is 0 Å². The van der Waals surface area contributed by atoms with Crippen molar-refractivity contribution >= 4 is 0 Å². The van der Waals surface area contributed by atoms with Gasteiger partial charge in [-0.1, -0.05) is 20.8 Å². The van der Waals surface area contributed by atoms with Gasteiger partial charge in [0.25, 0.3) is 0 Å². The summed E-state index contributed by atoms with van der Waals surface area (Å²) >= 11 is 0. The van der Waals surface area contributed by atoms with Crippen LogP contribution < -0.4 is 0 Å². The summed E-state index contributed by atoms with van der Waals surface area (Å²) in [4.78, 5) is 4.12. The largest absolute Gasteiger partial charge is 0.374 e. The first-order valence-electron chi connectivity index (χ1n) is 4.11. The van der Waals surface area contributed by atoms with Gasteiger partial charge in [0.2, 0.25) is 0 Å². The molecule has 0 aliphatic carbocycles. The molecule has 0 amide bonds. The van der Waals surface area contributed by atoms with Gasteiger partial charge in [0, 0.05) is 5.41 Å². The monoisotopic (exact) mass is 169 g/mol. The van der Waals surface area contributed by atoms with E-state index >= 15 is 0 Å². The summed E-state index contributed by atoms with van der Waals surface area (Å²) in [6.45, 7) is 6.17. The highest BCUT2D eigenvalue weighted by atomic mass is 16.3. The molecule has 1 aromatic rings. The van der Waals surface area contributed by atoms with Crippen molar-refractivity contribution in [3.05, 3.63) is 12.2 Å². The highest BCUT2D eigenvalue weighted by Crippen LogP contribution is 2.22. The Morgan fingerprint density at radius 1 is 1.58 bits per heavy atom. The molecule has 4 heteroatoms. The molecule has 1 N–H and O–H groups in total. The second kappa shape index (κ2) is 3.23. The van der Waals surface area contributed by atoms with E-state index in [2.05, 4.69) is 30.9 Å². The molecule has 1 aromatic heterocycles. The van der Waals surface area contributed by atoms with Crippen molar-refractivity contribution < 1.29 is 5.11 Å². The highest BCUT2D eigenvalue weighted by molar-refractivity contribution is 5.00. The number of nitrogens with zero attached hydrogens (tertiary/aromatic N) is 3. The fraction of sp³-hybridized carbons (Fsp3) is 0.750. The van der Waals surface area contributed by atoms with Crippen LogP contribution in [0.5, 0.6) is 0 Å². The Labute approximate surface area is 72.2 Å². The molecule has 0 radical (unpaired) electrons. The Morgan fingerprint density at radius 3 is 2.67 bits per heavy atom. The van der Waals surface area contributed by atoms with E-state index in [-0.39, 0.29) is 12.1 Å². The van der Waals surface area contributed by atoms with Crippen molar-refractivity contribution in [1.29, 1.82) is 0 Å². The molecule has 68 valence electrons. The zero-order chi connectivity index (χ0) is 9.19. The maximum atomic E-state index is 8.75. The zero-order valence-corrected chi connectivity index (χ0v) is 7.78. The quantitative estimate of drug-likeness (QED) is 0.731. The van der Waals surface area contributed by atoms with Crippen LogP contribution in [0.3, 0.4) is 0 Å². The third kappa shape index (κ3) is 1.64. The summed E-state index contributed by atoms with van der Waals surface area (Å²) in [6.07, 6.45) is 2.54. The van der Waals surface area contributed by atoms with Crippen LogP contribution >= 0.6 is 0 Å². The van der Waals surface area contributed by atoms with E-state index in [1.807, 2.05) is 0 Å². The van der Waals surface area contributed by atoms with Gasteiger partial charge in [-0.05, 0) is 6.42 Å². The summed E-state index contributed by atoms with van der Waals surface area (Å²) < 4.78 is 1.42. The number of aliphatic hydroxyl groups is 1. The third-order valence-electron chi connectivity index (χ3n) is 2.17. The maximum Gasteiger partial charge on any atom is 0.156 e. The van der Waals surface area contributed by atoms with Crippen LogP contribution in [0, 0.1) is 0 Å². The van der Waals surface area contributed by atoms with E-state index in [0.717, 1.165) is 12.2 Å². The molecule has 12 heavy (non-hydrogen) atoms. The lowest BCUT2D eigenvalue weighted by Crippen LogP contribution is -2.18. The minimum Gasteiger partial charge on any atom is -0.374 e. The molecule has 4 nitrogen and oxygen atoms in total. The number of rotatable bonds is 3. The van der Waals surface area contributed by atoms with E-state index in [4.69, 9.17) is 5.11 Å². The van der Waals surface area contributed by atoms with Gasteiger partial charge in [-0.3, -0.25) is 0 Å². The van der Waals surface area contributed by atoms with Crippen LogP contribution in [0.25, 0.3) is 0 Å². The van der Waals surface area contributed by atoms with Gasteiger partial charge in [0.05, 0.1) is 0 Å². The molecule has 0 aliphatic rings. The van der Waals surface area contributed by atoms with Crippen LogP contribution in [0.4, 0.5) is 0 Å². The molecule has 0 saturated heterocycles. The van der Waals surface area contributed by atoms with Crippen molar-refractivity contribution in [3.8, 4) is 0 Å². The number of aromatic nitrogens is 3. The van der Waals surface area contributed by atoms with E-state index in [1.165, 1.54) is 4.68 Å². The lowest BCUT2D eigenvalue weighted by Gasteiger charge is -2.17. The van der Waals surface area contributed by atoms with Crippen LogP contribution in [0.15, 0.2) is 6.33 Å². The van der Waals surface area contributed by atoms with Crippen LogP contribution in [-0.4, -0.2) is 19.9 Å². The van der Waals surface area contributed by atoms with Gasteiger partial charge in [-0.2, -0.15) is 5.10 Å². The summed E-state index contributed by atoms with van der Waals surface area (Å²) in [5.74, 6) is 0.791. The molecule has 0 spiro atoms. The molecule has 0 aromatic carbocycles. The minimum atomic E-state index is -0.104. The van der Waals surface area contributed by atoms with Crippen molar-refractivity contribution in [3.63, 3.8) is 0 Å².